The summed E-state index contributed by atoms with van der Waals surface area (Å²) in [4.78, 5) is 22.7. The van der Waals surface area contributed by atoms with Crippen LogP contribution < -0.4 is 5.32 Å². The van der Waals surface area contributed by atoms with Crippen molar-refractivity contribution in [3.05, 3.63) is 0 Å². The first kappa shape index (κ1) is 10.6. The van der Waals surface area contributed by atoms with Crippen LogP contribution in [0.25, 0.3) is 0 Å². The fourth-order valence-electron chi connectivity index (χ4n) is 2.66. The molecule has 2 aliphatic rings. The molecule has 15 heavy (non-hydrogen) atoms. The molecule has 2 fully saturated rings. The van der Waals surface area contributed by atoms with E-state index in [9.17, 15) is 9.59 Å². The zero-order valence-electron chi connectivity index (χ0n) is 9.04. The molecule has 1 unspecified atom stereocenters. The van der Waals surface area contributed by atoms with Crippen molar-refractivity contribution < 1.29 is 14.3 Å². The Morgan fingerprint density at radius 3 is 2.67 bits per heavy atom. The predicted octanol–water partition coefficient (Wildman–Crippen LogP) is 0.998. The van der Waals surface area contributed by atoms with E-state index in [0.717, 1.165) is 19.3 Å². The van der Waals surface area contributed by atoms with Crippen molar-refractivity contribution in [2.75, 3.05) is 6.61 Å². The highest BCUT2D eigenvalue weighted by atomic mass is 16.5. The Balaban J connectivity index is 2.10. The zero-order valence-corrected chi connectivity index (χ0v) is 9.04. The molecular formula is C11H17NO3. The molecule has 2 saturated heterocycles. The smallest absolute Gasteiger partial charge is 0.227 e. The third-order valence-corrected chi connectivity index (χ3v) is 3.45. The number of amides is 2. The molecule has 0 aromatic carbocycles. The number of hydrogen-bond donors (Lipinski definition) is 1. The minimum atomic E-state index is -0.122. The van der Waals surface area contributed by atoms with Crippen molar-refractivity contribution in [2.24, 2.45) is 5.41 Å². The Morgan fingerprint density at radius 1 is 1.40 bits per heavy atom. The molecule has 0 aromatic rings. The molecule has 2 aliphatic heterocycles. The van der Waals surface area contributed by atoms with Gasteiger partial charge in [0.05, 0.1) is 6.10 Å². The van der Waals surface area contributed by atoms with Gasteiger partial charge < -0.3 is 4.74 Å². The molecule has 2 rings (SSSR count). The lowest BCUT2D eigenvalue weighted by Gasteiger charge is -2.42. The van der Waals surface area contributed by atoms with Crippen molar-refractivity contribution in [2.45, 2.75) is 45.1 Å². The maximum Gasteiger partial charge on any atom is 0.227 e. The van der Waals surface area contributed by atoms with Crippen LogP contribution in [0.5, 0.6) is 0 Å². The molecule has 0 saturated carbocycles. The quantitative estimate of drug-likeness (QED) is 0.658. The zero-order chi connectivity index (χ0) is 10.9. The van der Waals surface area contributed by atoms with Crippen LogP contribution in [0.3, 0.4) is 0 Å². The summed E-state index contributed by atoms with van der Waals surface area (Å²) in [5.41, 5.74) is -0.113. The maximum absolute atomic E-state index is 11.4. The first-order valence-electron chi connectivity index (χ1n) is 5.58. The largest absolute Gasteiger partial charge is 0.378 e. The van der Waals surface area contributed by atoms with Gasteiger partial charge in [0.25, 0.3) is 0 Å². The van der Waals surface area contributed by atoms with Gasteiger partial charge in [-0.2, -0.15) is 0 Å². The van der Waals surface area contributed by atoms with Crippen molar-refractivity contribution in [3.8, 4) is 0 Å². The molecular weight excluding hydrogens is 194 g/mol. The van der Waals surface area contributed by atoms with E-state index < -0.39 is 0 Å². The number of piperidine rings is 1. The van der Waals surface area contributed by atoms with Crippen LogP contribution in [0.1, 0.15) is 39.0 Å². The Labute approximate surface area is 89.4 Å². The third kappa shape index (κ3) is 2.20. The average Bonchev–Trinajstić information content (AvgIpc) is 2.15. The van der Waals surface area contributed by atoms with Gasteiger partial charge in [0, 0.05) is 19.4 Å². The van der Waals surface area contributed by atoms with Crippen LogP contribution in [0.2, 0.25) is 0 Å². The fraction of sp³-hybridized carbons (Fsp3) is 0.818. The average molecular weight is 211 g/mol. The summed E-state index contributed by atoms with van der Waals surface area (Å²) in [6.07, 6.45) is 3.83. The molecule has 1 N–H and O–H groups in total. The second kappa shape index (κ2) is 3.93. The van der Waals surface area contributed by atoms with Gasteiger partial charge in [0.1, 0.15) is 0 Å². The van der Waals surface area contributed by atoms with Crippen LogP contribution in [0.4, 0.5) is 0 Å². The summed E-state index contributed by atoms with van der Waals surface area (Å²) in [6, 6.07) is 0. The lowest BCUT2D eigenvalue weighted by molar-refractivity contribution is -0.143. The molecule has 0 aromatic heterocycles. The van der Waals surface area contributed by atoms with E-state index in [4.69, 9.17) is 4.74 Å². The van der Waals surface area contributed by atoms with E-state index in [1.165, 1.54) is 0 Å². The summed E-state index contributed by atoms with van der Waals surface area (Å²) in [6.45, 7) is 2.76. The van der Waals surface area contributed by atoms with E-state index in [2.05, 4.69) is 12.2 Å². The second-order valence-corrected chi connectivity index (χ2v) is 4.68. The second-order valence-electron chi connectivity index (χ2n) is 4.68. The monoisotopic (exact) mass is 211 g/mol. The van der Waals surface area contributed by atoms with Gasteiger partial charge in [-0.15, -0.1) is 0 Å². The standard InChI is InChI=1S/C11H17NO3/c1-2-8-5-11(3-4-15-8)6-9(13)12-10(14)7-11/h8H,2-7H2,1H3,(H,12,13,14). The predicted molar refractivity (Wildman–Crippen MR) is 54.1 cm³/mol. The maximum atomic E-state index is 11.4. The molecule has 4 nitrogen and oxygen atoms in total. The SMILES string of the molecule is CCC1CC2(CCO1)CC(=O)NC(=O)C2. The minimum Gasteiger partial charge on any atom is -0.378 e. The van der Waals surface area contributed by atoms with Gasteiger partial charge in [-0.3, -0.25) is 14.9 Å². The van der Waals surface area contributed by atoms with E-state index in [-0.39, 0.29) is 23.3 Å². The molecule has 4 heteroatoms. The number of imide groups is 1. The van der Waals surface area contributed by atoms with Gasteiger partial charge in [-0.25, -0.2) is 0 Å². The lowest BCUT2D eigenvalue weighted by atomic mass is 9.70. The van der Waals surface area contributed by atoms with Gasteiger partial charge in [0.15, 0.2) is 0 Å². The molecule has 0 bridgehead atoms. The van der Waals surface area contributed by atoms with Crippen molar-refractivity contribution in [1.82, 2.24) is 5.32 Å². The van der Waals surface area contributed by atoms with Crippen LogP contribution in [-0.4, -0.2) is 24.5 Å². The number of rotatable bonds is 1. The summed E-state index contributed by atoms with van der Waals surface area (Å²) in [7, 11) is 0. The highest BCUT2D eigenvalue weighted by molar-refractivity contribution is 5.98. The number of carbonyl (C=O) groups is 2. The molecule has 1 atom stereocenters. The summed E-state index contributed by atoms with van der Waals surface area (Å²) >= 11 is 0. The summed E-state index contributed by atoms with van der Waals surface area (Å²) < 4.78 is 5.58. The van der Waals surface area contributed by atoms with Crippen LogP contribution in [0, 0.1) is 5.41 Å². The van der Waals surface area contributed by atoms with Gasteiger partial charge in [-0.1, -0.05) is 6.92 Å². The van der Waals surface area contributed by atoms with Crippen LogP contribution in [0.15, 0.2) is 0 Å². The Hall–Kier alpha value is -0.900. The molecule has 1 spiro atoms. The number of nitrogens with one attached hydrogen (secondary N) is 1. The molecule has 2 amide bonds. The molecule has 84 valence electrons. The summed E-state index contributed by atoms with van der Waals surface area (Å²) in [5.74, 6) is -0.244. The van der Waals surface area contributed by atoms with Crippen LogP contribution in [-0.2, 0) is 14.3 Å². The topological polar surface area (TPSA) is 55.4 Å². The van der Waals surface area contributed by atoms with Gasteiger partial charge in [0.2, 0.25) is 11.8 Å². The van der Waals surface area contributed by atoms with Crippen molar-refractivity contribution >= 4 is 11.8 Å². The molecule has 0 radical (unpaired) electrons. The Morgan fingerprint density at radius 2 is 2.07 bits per heavy atom. The van der Waals surface area contributed by atoms with E-state index >= 15 is 0 Å². The van der Waals surface area contributed by atoms with Crippen LogP contribution >= 0.6 is 0 Å². The first-order chi connectivity index (χ1) is 7.13. The normalized spacial score (nSPS) is 30.3. The number of hydrogen-bond acceptors (Lipinski definition) is 3. The highest BCUT2D eigenvalue weighted by Gasteiger charge is 2.43. The van der Waals surface area contributed by atoms with Gasteiger partial charge in [-0.05, 0) is 24.7 Å². The van der Waals surface area contributed by atoms with E-state index in [1.54, 1.807) is 0 Å². The minimum absolute atomic E-state index is 0.113. The lowest BCUT2D eigenvalue weighted by Crippen LogP contribution is -2.48. The Kier molecular flexibility index (Phi) is 2.78. The summed E-state index contributed by atoms with van der Waals surface area (Å²) in [5, 5.41) is 2.37. The van der Waals surface area contributed by atoms with Crippen molar-refractivity contribution in [1.29, 1.82) is 0 Å². The number of ether oxygens (including phenoxy) is 1. The fourth-order valence-corrected chi connectivity index (χ4v) is 2.66. The number of carbonyl (C=O) groups excluding carboxylic acids is 2. The third-order valence-electron chi connectivity index (χ3n) is 3.45. The van der Waals surface area contributed by atoms with Crippen molar-refractivity contribution in [3.63, 3.8) is 0 Å². The van der Waals surface area contributed by atoms with E-state index in [0.29, 0.717) is 19.4 Å². The highest BCUT2D eigenvalue weighted by Crippen LogP contribution is 2.42. The van der Waals surface area contributed by atoms with Gasteiger partial charge >= 0.3 is 0 Å². The molecule has 2 heterocycles. The first-order valence-corrected chi connectivity index (χ1v) is 5.58. The van der Waals surface area contributed by atoms with E-state index in [1.807, 2.05) is 0 Å². The molecule has 0 aliphatic carbocycles. The Bertz CT molecular complexity index is 272.